The zero-order chi connectivity index (χ0) is 13.1. The van der Waals surface area contributed by atoms with E-state index in [9.17, 15) is 13.2 Å². The van der Waals surface area contributed by atoms with Gasteiger partial charge in [0, 0.05) is 6.04 Å². The Morgan fingerprint density at radius 1 is 1.29 bits per heavy atom. The number of hydrogen-bond donors (Lipinski definition) is 2. The molecule has 3 N–H and O–H groups in total. The van der Waals surface area contributed by atoms with Crippen LogP contribution in [0.3, 0.4) is 0 Å². The van der Waals surface area contributed by atoms with Crippen molar-refractivity contribution < 1.29 is 13.2 Å². The summed E-state index contributed by atoms with van der Waals surface area (Å²) in [7, 11) is 0. The molecule has 1 unspecified atom stereocenters. The molecule has 0 aromatic heterocycles. The molecule has 0 spiro atoms. The molecule has 0 heterocycles. The van der Waals surface area contributed by atoms with Crippen LogP contribution in [0.25, 0.3) is 0 Å². The van der Waals surface area contributed by atoms with E-state index in [4.69, 9.17) is 5.84 Å². The Kier molecular flexibility index (Phi) is 4.54. The van der Waals surface area contributed by atoms with E-state index in [2.05, 4.69) is 5.43 Å². The lowest BCUT2D eigenvalue weighted by Gasteiger charge is -2.19. The first-order chi connectivity index (χ1) is 7.84. The molecule has 1 aromatic carbocycles. The van der Waals surface area contributed by atoms with Crippen molar-refractivity contribution in [3.05, 3.63) is 35.4 Å². The van der Waals surface area contributed by atoms with Crippen molar-refractivity contribution in [2.24, 2.45) is 11.8 Å². The van der Waals surface area contributed by atoms with Crippen LogP contribution in [0.5, 0.6) is 0 Å². The number of hydrazine groups is 1. The second kappa shape index (κ2) is 5.51. The molecule has 0 fully saturated rings. The molecule has 17 heavy (non-hydrogen) atoms. The topological polar surface area (TPSA) is 38.0 Å². The Hall–Kier alpha value is -1.07. The van der Waals surface area contributed by atoms with Gasteiger partial charge in [0.15, 0.2) is 0 Å². The molecule has 0 radical (unpaired) electrons. The third-order valence-electron chi connectivity index (χ3n) is 2.52. The summed E-state index contributed by atoms with van der Waals surface area (Å²) in [6, 6.07) is 5.02. The number of halogens is 3. The predicted octanol–water partition coefficient (Wildman–Crippen LogP) is 3.26. The highest BCUT2D eigenvalue weighted by Crippen LogP contribution is 2.31. The molecule has 1 aromatic rings. The Morgan fingerprint density at radius 3 is 2.41 bits per heavy atom. The highest BCUT2D eigenvalue weighted by molar-refractivity contribution is 5.27. The fourth-order valence-electron chi connectivity index (χ4n) is 1.70. The van der Waals surface area contributed by atoms with Crippen molar-refractivity contribution in [1.82, 2.24) is 5.43 Å². The summed E-state index contributed by atoms with van der Waals surface area (Å²) in [4.78, 5) is 0. The van der Waals surface area contributed by atoms with E-state index in [1.807, 2.05) is 13.8 Å². The van der Waals surface area contributed by atoms with E-state index in [1.54, 1.807) is 6.07 Å². The summed E-state index contributed by atoms with van der Waals surface area (Å²) in [5.41, 5.74) is 2.49. The Balaban J connectivity index is 2.97. The minimum Gasteiger partial charge on any atom is -0.271 e. The number of benzene rings is 1. The summed E-state index contributed by atoms with van der Waals surface area (Å²) in [6.07, 6.45) is -3.62. The van der Waals surface area contributed by atoms with Crippen LogP contribution in [-0.4, -0.2) is 0 Å². The van der Waals surface area contributed by atoms with Crippen LogP contribution in [-0.2, 0) is 6.18 Å². The number of rotatable bonds is 4. The van der Waals surface area contributed by atoms with Gasteiger partial charge in [-0.3, -0.25) is 11.3 Å². The van der Waals surface area contributed by atoms with Gasteiger partial charge in [0.05, 0.1) is 5.56 Å². The average molecular weight is 246 g/mol. The molecule has 0 saturated heterocycles. The van der Waals surface area contributed by atoms with Crippen LogP contribution in [0.4, 0.5) is 13.2 Å². The summed E-state index contributed by atoms with van der Waals surface area (Å²) in [6.45, 7) is 4.00. The maximum Gasteiger partial charge on any atom is 0.416 e. The average Bonchev–Trinajstić information content (AvgIpc) is 2.24. The van der Waals surface area contributed by atoms with Gasteiger partial charge in [-0.05, 0) is 30.0 Å². The number of hydrogen-bond acceptors (Lipinski definition) is 2. The Labute approximate surface area is 99.0 Å². The molecule has 0 saturated carbocycles. The van der Waals surface area contributed by atoms with E-state index >= 15 is 0 Å². The normalized spacial score (nSPS) is 14.1. The minimum absolute atomic E-state index is 0.253. The number of nitrogens with one attached hydrogen (secondary N) is 1. The van der Waals surface area contributed by atoms with Crippen molar-refractivity contribution >= 4 is 0 Å². The SMILES string of the molecule is CC(C)CC(NN)c1cccc(C(F)(F)F)c1. The molecule has 0 amide bonds. The number of alkyl halides is 3. The molecule has 2 nitrogen and oxygen atoms in total. The van der Waals surface area contributed by atoms with Crippen LogP contribution >= 0.6 is 0 Å². The van der Waals surface area contributed by atoms with Crippen LogP contribution in [0.1, 0.15) is 37.4 Å². The smallest absolute Gasteiger partial charge is 0.271 e. The molecule has 5 heteroatoms. The monoisotopic (exact) mass is 246 g/mol. The lowest BCUT2D eigenvalue weighted by atomic mass is 9.96. The van der Waals surface area contributed by atoms with Gasteiger partial charge in [0.1, 0.15) is 0 Å². The quantitative estimate of drug-likeness (QED) is 0.632. The molecule has 0 aliphatic heterocycles. The molecule has 0 aliphatic carbocycles. The molecule has 96 valence electrons. The molecule has 1 rings (SSSR count). The molecule has 0 aliphatic rings. The van der Waals surface area contributed by atoms with Crippen LogP contribution < -0.4 is 11.3 Å². The fourth-order valence-corrected chi connectivity index (χ4v) is 1.70. The third kappa shape index (κ3) is 4.02. The highest BCUT2D eigenvalue weighted by Gasteiger charge is 2.30. The number of nitrogens with two attached hydrogens (primary N) is 1. The first-order valence-corrected chi connectivity index (χ1v) is 5.48. The zero-order valence-corrected chi connectivity index (χ0v) is 9.88. The first-order valence-electron chi connectivity index (χ1n) is 5.48. The summed E-state index contributed by atoms with van der Waals surface area (Å²) in [5.74, 6) is 5.73. The third-order valence-corrected chi connectivity index (χ3v) is 2.52. The second-order valence-electron chi connectivity index (χ2n) is 4.47. The second-order valence-corrected chi connectivity index (χ2v) is 4.47. The van der Waals surface area contributed by atoms with E-state index in [0.717, 1.165) is 12.1 Å². The standard InChI is InChI=1S/C12H17F3N2/c1-8(2)6-11(17-16)9-4-3-5-10(7-9)12(13,14)15/h3-5,7-8,11,17H,6,16H2,1-2H3. The summed E-state index contributed by atoms with van der Waals surface area (Å²) < 4.78 is 37.6. The van der Waals surface area contributed by atoms with Crippen molar-refractivity contribution in [2.75, 3.05) is 0 Å². The van der Waals surface area contributed by atoms with E-state index in [1.165, 1.54) is 6.07 Å². The van der Waals surface area contributed by atoms with Gasteiger partial charge in [-0.15, -0.1) is 0 Å². The zero-order valence-electron chi connectivity index (χ0n) is 9.88. The largest absolute Gasteiger partial charge is 0.416 e. The van der Waals surface area contributed by atoms with Crippen LogP contribution in [0.2, 0.25) is 0 Å². The maximum atomic E-state index is 12.5. The first kappa shape index (κ1) is 14.0. The van der Waals surface area contributed by atoms with Gasteiger partial charge in [0.25, 0.3) is 0 Å². The summed E-state index contributed by atoms with van der Waals surface area (Å²) in [5, 5.41) is 0. The Morgan fingerprint density at radius 2 is 1.94 bits per heavy atom. The minimum atomic E-state index is -4.31. The maximum absolute atomic E-state index is 12.5. The van der Waals surface area contributed by atoms with Crippen molar-refractivity contribution in [3.63, 3.8) is 0 Å². The van der Waals surface area contributed by atoms with E-state index < -0.39 is 11.7 Å². The molecule has 1 atom stereocenters. The van der Waals surface area contributed by atoms with E-state index in [0.29, 0.717) is 17.9 Å². The molecular weight excluding hydrogens is 229 g/mol. The van der Waals surface area contributed by atoms with Crippen LogP contribution in [0.15, 0.2) is 24.3 Å². The van der Waals surface area contributed by atoms with Crippen molar-refractivity contribution in [2.45, 2.75) is 32.5 Å². The summed E-state index contributed by atoms with van der Waals surface area (Å²) >= 11 is 0. The van der Waals surface area contributed by atoms with Gasteiger partial charge >= 0.3 is 6.18 Å². The lowest BCUT2D eigenvalue weighted by molar-refractivity contribution is -0.137. The Bertz CT molecular complexity index is 361. The van der Waals surface area contributed by atoms with Gasteiger partial charge in [-0.25, -0.2) is 0 Å². The fraction of sp³-hybridized carbons (Fsp3) is 0.500. The van der Waals surface area contributed by atoms with Crippen molar-refractivity contribution in [3.8, 4) is 0 Å². The lowest BCUT2D eigenvalue weighted by Crippen LogP contribution is -2.29. The van der Waals surface area contributed by atoms with E-state index in [-0.39, 0.29) is 6.04 Å². The van der Waals surface area contributed by atoms with Crippen molar-refractivity contribution in [1.29, 1.82) is 0 Å². The highest BCUT2D eigenvalue weighted by atomic mass is 19.4. The van der Waals surface area contributed by atoms with Gasteiger partial charge in [0.2, 0.25) is 0 Å². The van der Waals surface area contributed by atoms with Crippen LogP contribution in [0, 0.1) is 5.92 Å². The molecular formula is C12H17F3N2. The van der Waals surface area contributed by atoms with Gasteiger partial charge < -0.3 is 0 Å². The van der Waals surface area contributed by atoms with Gasteiger partial charge in [-0.1, -0.05) is 26.0 Å². The predicted molar refractivity (Wildman–Crippen MR) is 61.0 cm³/mol. The molecule has 0 bridgehead atoms. The van der Waals surface area contributed by atoms with Gasteiger partial charge in [-0.2, -0.15) is 13.2 Å².